The second kappa shape index (κ2) is 11.5. The summed E-state index contributed by atoms with van der Waals surface area (Å²) >= 11 is 0. The van der Waals surface area contributed by atoms with E-state index in [9.17, 15) is 9.59 Å². The fourth-order valence-corrected chi connectivity index (χ4v) is 5.25. The van der Waals surface area contributed by atoms with Crippen LogP contribution in [-0.4, -0.2) is 74.4 Å². The topological polar surface area (TPSA) is 135 Å². The van der Waals surface area contributed by atoms with Crippen molar-refractivity contribution in [3.8, 4) is 11.1 Å². The van der Waals surface area contributed by atoms with Crippen LogP contribution in [0.5, 0.6) is 0 Å². The number of fused-ring (bicyclic) bond motifs is 2. The fraction of sp³-hybridized carbons (Fsp3) is 0.258. The Morgan fingerprint density at radius 3 is 2.81 bits per heavy atom. The molecule has 0 bridgehead atoms. The van der Waals surface area contributed by atoms with Gasteiger partial charge >= 0.3 is 6.01 Å². The average molecular weight is 565 g/mol. The summed E-state index contributed by atoms with van der Waals surface area (Å²) in [6, 6.07) is 15.7. The molecule has 2 amide bonds. The summed E-state index contributed by atoms with van der Waals surface area (Å²) in [7, 11) is 2.01. The predicted octanol–water partition coefficient (Wildman–Crippen LogP) is 4.36. The van der Waals surface area contributed by atoms with Gasteiger partial charge in [-0.2, -0.15) is 4.98 Å². The molecule has 11 nitrogen and oxygen atoms in total. The van der Waals surface area contributed by atoms with Gasteiger partial charge in [-0.3, -0.25) is 14.9 Å². The van der Waals surface area contributed by atoms with Crippen LogP contribution in [-0.2, 0) is 4.79 Å². The first kappa shape index (κ1) is 27.2. The minimum Gasteiger partial charge on any atom is -0.423 e. The van der Waals surface area contributed by atoms with E-state index < -0.39 is 5.91 Å². The number of nitrogens with two attached hydrogens (primary N) is 1. The third-order valence-electron chi connectivity index (χ3n) is 7.68. The highest BCUT2D eigenvalue weighted by molar-refractivity contribution is 6.14. The lowest BCUT2D eigenvalue weighted by atomic mass is 10.1. The van der Waals surface area contributed by atoms with Crippen LogP contribution in [0.2, 0.25) is 0 Å². The molecular formula is C31H32N8O3. The zero-order valence-electron chi connectivity index (χ0n) is 23.5. The molecule has 1 atom stereocenters. The fourth-order valence-electron chi connectivity index (χ4n) is 5.25. The van der Waals surface area contributed by atoms with Crippen LogP contribution in [0.3, 0.4) is 0 Å². The maximum absolute atomic E-state index is 13.5. The number of nitrogens with one attached hydrogen (secondary N) is 1. The molecule has 1 unspecified atom stereocenters. The number of hydrogen-bond donors (Lipinski definition) is 2. The molecule has 0 spiro atoms. The van der Waals surface area contributed by atoms with E-state index in [4.69, 9.17) is 10.2 Å². The number of rotatable bonds is 8. The van der Waals surface area contributed by atoms with Gasteiger partial charge in [0.15, 0.2) is 5.58 Å². The molecule has 42 heavy (non-hydrogen) atoms. The summed E-state index contributed by atoms with van der Waals surface area (Å²) in [6.45, 7) is 4.80. The van der Waals surface area contributed by atoms with E-state index in [1.165, 1.54) is 6.33 Å². The van der Waals surface area contributed by atoms with Gasteiger partial charge in [-0.15, -0.1) is 0 Å². The molecule has 1 aliphatic rings. The quantitative estimate of drug-likeness (QED) is 0.266. The molecule has 0 aliphatic carbocycles. The first-order valence-corrected chi connectivity index (χ1v) is 13.9. The number of carbonyl (C=O) groups is 2. The van der Waals surface area contributed by atoms with Gasteiger partial charge < -0.3 is 24.5 Å². The van der Waals surface area contributed by atoms with Crippen LogP contribution in [0.4, 0.5) is 11.8 Å². The number of anilines is 2. The van der Waals surface area contributed by atoms with Crippen molar-refractivity contribution >= 4 is 45.8 Å². The van der Waals surface area contributed by atoms with E-state index in [2.05, 4.69) is 32.1 Å². The van der Waals surface area contributed by atoms with Gasteiger partial charge in [0.25, 0.3) is 5.91 Å². The Balaban J connectivity index is 1.23. The summed E-state index contributed by atoms with van der Waals surface area (Å²) < 4.78 is 7.75. The van der Waals surface area contributed by atoms with E-state index in [0.29, 0.717) is 47.3 Å². The largest absolute Gasteiger partial charge is 0.423 e. The lowest BCUT2D eigenvalue weighted by Crippen LogP contribution is -2.27. The van der Waals surface area contributed by atoms with Crippen molar-refractivity contribution in [2.24, 2.45) is 0 Å². The van der Waals surface area contributed by atoms with Crippen LogP contribution in [0.15, 0.2) is 77.6 Å². The maximum Gasteiger partial charge on any atom is 0.302 e. The number of benzene rings is 2. The van der Waals surface area contributed by atoms with E-state index in [1.807, 2.05) is 71.1 Å². The smallest absolute Gasteiger partial charge is 0.302 e. The predicted molar refractivity (Wildman–Crippen MR) is 162 cm³/mol. The summed E-state index contributed by atoms with van der Waals surface area (Å²) in [4.78, 5) is 43.3. The minimum absolute atomic E-state index is 0.0306. The number of amides is 2. The van der Waals surface area contributed by atoms with Crippen molar-refractivity contribution in [3.63, 3.8) is 0 Å². The van der Waals surface area contributed by atoms with E-state index in [0.717, 1.165) is 24.1 Å². The Bertz CT molecular complexity index is 1790. The average Bonchev–Trinajstić information content (AvgIpc) is 3.74. The molecule has 6 rings (SSSR count). The van der Waals surface area contributed by atoms with Gasteiger partial charge in [0.1, 0.15) is 23.3 Å². The Morgan fingerprint density at radius 2 is 2.00 bits per heavy atom. The highest BCUT2D eigenvalue weighted by Gasteiger charge is 2.30. The number of aromatic nitrogens is 4. The van der Waals surface area contributed by atoms with Gasteiger partial charge in [0.2, 0.25) is 5.91 Å². The van der Waals surface area contributed by atoms with Gasteiger partial charge in [0.05, 0.1) is 17.0 Å². The molecule has 3 N–H and O–H groups in total. The molecule has 3 aromatic heterocycles. The maximum atomic E-state index is 13.5. The van der Waals surface area contributed by atoms with Crippen LogP contribution in [0.1, 0.15) is 29.7 Å². The van der Waals surface area contributed by atoms with Crippen molar-refractivity contribution in [1.82, 2.24) is 29.3 Å². The second-order valence-electron chi connectivity index (χ2n) is 10.4. The normalized spacial score (nSPS) is 15.4. The lowest BCUT2D eigenvalue weighted by molar-refractivity contribution is -0.125. The van der Waals surface area contributed by atoms with E-state index in [-0.39, 0.29) is 23.8 Å². The number of nitrogen functional groups attached to an aromatic ring is 1. The van der Waals surface area contributed by atoms with E-state index >= 15 is 0 Å². The summed E-state index contributed by atoms with van der Waals surface area (Å²) in [5, 5.41) is 3.22. The first-order valence-electron chi connectivity index (χ1n) is 13.9. The van der Waals surface area contributed by atoms with E-state index in [1.54, 1.807) is 12.3 Å². The van der Waals surface area contributed by atoms with Crippen molar-refractivity contribution in [3.05, 3.63) is 78.8 Å². The Labute approximate surface area is 242 Å². The number of carbonyl (C=O) groups excluding carboxylic acids is 2. The third kappa shape index (κ3) is 5.34. The van der Waals surface area contributed by atoms with Gasteiger partial charge in [-0.25, -0.2) is 9.97 Å². The number of oxazole rings is 1. The Hall–Kier alpha value is -5.03. The van der Waals surface area contributed by atoms with Crippen molar-refractivity contribution < 1.29 is 14.0 Å². The van der Waals surface area contributed by atoms with Gasteiger partial charge in [-0.05, 0) is 43.3 Å². The molecular weight excluding hydrogens is 532 g/mol. The molecule has 1 saturated heterocycles. The summed E-state index contributed by atoms with van der Waals surface area (Å²) in [5.41, 5.74) is 10.3. The molecule has 214 valence electrons. The zero-order valence-corrected chi connectivity index (χ0v) is 23.5. The minimum atomic E-state index is -0.441. The number of hydrogen-bond acceptors (Lipinski definition) is 8. The van der Waals surface area contributed by atoms with Crippen LogP contribution in [0.25, 0.3) is 33.3 Å². The monoisotopic (exact) mass is 564 g/mol. The van der Waals surface area contributed by atoms with Crippen LogP contribution >= 0.6 is 0 Å². The van der Waals surface area contributed by atoms with Crippen molar-refractivity contribution in [1.29, 1.82) is 0 Å². The molecule has 2 aromatic carbocycles. The molecule has 0 radical (unpaired) electrons. The van der Waals surface area contributed by atoms with Crippen molar-refractivity contribution in [2.75, 3.05) is 44.3 Å². The summed E-state index contributed by atoms with van der Waals surface area (Å²) in [5.74, 6) is -0.274. The van der Waals surface area contributed by atoms with Crippen LogP contribution < -0.4 is 11.1 Å². The molecule has 4 heterocycles. The molecule has 0 saturated carbocycles. The van der Waals surface area contributed by atoms with Gasteiger partial charge in [0, 0.05) is 31.9 Å². The zero-order chi connectivity index (χ0) is 29.2. The molecule has 1 fully saturated rings. The summed E-state index contributed by atoms with van der Waals surface area (Å²) in [6.07, 6.45) is 7.34. The van der Waals surface area contributed by atoms with Crippen LogP contribution in [0, 0.1) is 0 Å². The first-order chi connectivity index (χ1) is 20.4. The second-order valence-corrected chi connectivity index (χ2v) is 10.4. The number of likely N-dealkylation sites (N-methyl/N-ethyl adjacent to an activating group) is 1. The lowest BCUT2D eigenvalue weighted by Gasteiger charge is -2.16. The van der Waals surface area contributed by atoms with Crippen molar-refractivity contribution in [2.45, 2.75) is 19.4 Å². The Kier molecular flexibility index (Phi) is 7.41. The highest BCUT2D eigenvalue weighted by Crippen LogP contribution is 2.32. The number of likely N-dealkylation sites (tertiary alicyclic amines) is 1. The van der Waals surface area contributed by atoms with Gasteiger partial charge in [-0.1, -0.05) is 49.4 Å². The molecule has 11 heteroatoms. The third-order valence-corrected chi connectivity index (χ3v) is 7.68. The number of nitrogens with zero attached hydrogens (tertiary/aromatic N) is 6. The highest BCUT2D eigenvalue weighted by atomic mass is 16.4. The SMILES string of the molecule is CCN(C)C/C=C/C(=O)N1CCC(n2cc(C(=O)Nc3nc4cc(-c5ccccc5)ccc4o3)c3c(N)ncnc32)C1. The standard InChI is InChI=1S/C31H32N8O3/c1-3-37(2)14-7-10-26(40)38-15-13-22(17-38)39-18-23(27-28(32)33-19-34-29(27)39)30(41)36-31-35-24-16-21(11-12-25(24)42-31)20-8-5-4-6-9-20/h4-12,16,18-19,22H,3,13-15,17H2,1-2H3,(H2,32,33,34)(H,35,36,41)/b10-7+. The Morgan fingerprint density at radius 1 is 1.17 bits per heavy atom. The molecule has 5 aromatic rings. The molecule has 1 aliphatic heterocycles.